The Morgan fingerprint density at radius 2 is 2.42 bits per heavy atom. The van der Waals surface area contributed by atoms with Crippen molar-refractivity contribution in [2.45, 2.75) is 26.2 Å². The number of aliphatic carboxylic acids is 1. The topological polar surface area (TPSA) is 63.3 Å². The van der Waals surface area contributed by atoms with Crippen molar-refractivity contribution in [1.29, 1.82) is 0 Å². The first-order valence-electron chi connectivity index (χ1n) is 3.75. The summed E-state index contributed by atoms with van der Waals surface area (Å²) < 4.78 is 5.05. The Kier molecular flexibility index (Phi) is 2.47. The maximum absolute atomic E-state index is 10.4. The van der Waals surface area contributed by atoms with E-state index in [1.807, 2.05) is 13.8 Å². The Bertz CT molecular complexity index is 278. The predicted molar refractivity (Wildman–Crippen MR) is 41.9 cm³/mol. The van der Waals surface area contributed by atoms with Crippen LogP contribution in [0.4, 0.5) is 0 Å². The van der Waals surface area contributed by atoms with Crippen LogP contribution in [0.15, 0.2) is 10.8 Å². The maximum Gasteiger partial charge on any atom is 0.309 e. The average Bonchev–Trinajstić information content (AvgIpc) is 2.33. The molecule has 0 aliphatic carbocycles. The Balaban J connectivity index is 2.84. The molecule has 0 saturated carbocycles. The van der Waals surface area contributed by atoms with Crippen LogP contribution in [0.1, 0.15) is 31.2 Å². The molecule has 0 spiro atoms. The second-order valence-electron chi connectivity index (χ2n) is 2.89. The minimum absolute atomic E-state index is 0.0655. The van der Waals surface area contributed by atoms with Gasteiger partial charge in [-0.15, -0.1) is 0 Å². The number of carboxylic acid groups (broad SMARTS) is 1. The van der Waals surface area contributed by atoms with E-state index in [9.17, 15) is 4.79 Å². The monoisotopic (exact) mass is 169 g/mol. The zero-order valence-electron chi connectivity index (χ0n) is 7.07. The first-order chi connectivity index (χ1) is 5.61. The quantitative estimate of drug-likeness (QED) is 0.743. The van der Waals surface area contributed by atoms with Crippen molar-refractivity contribution in [3.8, 4) is 0 Å². The van der Waals surface area contributed by atoms with E-state index in [1.54, 1.807) is 0 Å². The van der Waals surface area contributed by atoms with E-state index in [4.69, 9.17) is 9.52 Å². The molecule has 1 rings (SSSR count). The molecule has 4 heteroatoms. The van der Waals surface area contributed by atoms with Gasteiger partial charge in [0.2, 0.25) is 0 Å². The van der Waals surface area contributed by atoms with Crippen LogP contribution >= 0.6 is 0 Å². The van der Waals surface area contributed by atoms with Crippen molar-refractivity contribution in [3.05, 3.63) is 17.8 Å². The van der Waals surface area contributed by atoms with Gasteiger partial charge in [0.15, 0.2) is 6.39 Å². The summed E-state index contributed by atoms with van der Waals surface area (Å²) >= 11 is 0. The normalized spacial score (nSPS) is 10.6. The van der Waals surface area contributed by atoms with Gasteiger partial charge in [-0.3, -0.25) is 4.79 Å². The summed E-state index contributed by atoms with van der Waals surface area (Å²) in [5, 5.41) is 8.51. The lowest BCUT2D eigenvalue weighted by Gasteiger charge is -2.00. The van der Waals surface area contributed by atoms with E-state index in [2.05, 4.69) is 4.98 Å². The molecule has 1 aromatic rings. The van der Waals surface area contributed by atoms with Gasteiger partial charge in [0.05, 0.1) is 12.1 Å². The molecule has 66 valence electrons. The highest BCUT2D eigenvalue weighted by Gasteiger charge is 2.14. The largest absolute Gasteiger partial charge is 0.481 e. The highest BCUT2D eigenvalue weighted by Crippen LogP contribution is 2.18. The summed E-state index contributed by atoms with van der Waals surface area (Å²) in [5.74, 6) is -0.0370. The summed E-state index contributed by atoms with van der Waals surface area (Å²) in [6, 6.07) is 0. The zero-order valence-corrected chi connectivity index (χ0v) is 7.07. The van der Waals surface area contributed by atoms with Crippen LogP contribution in [-0.2, 0) is 11.2 Å². The highest BCUT2D eigenvalue weighted by atomic mass is 16.4. The molecule has 0 fully saturated rings. The summed E-state index contributed by atoms with van der Waals surface area (Å²) in [7, 11) is 0. The van der Waals surface area contributed by atoms with E-state index in [1.165, 1.54) is 6.39 Å². The summed E-state index contributed by atoms with van der Waals surface area (Å²) in [5.41, 5.74) is 0.525. The number of carboxylic acids is 1. The van der Waals surface area contributed by atoms with Gasteiger partial charge in [-0.2, -0.15) is 0 Å². The van der Waals surface area contributed by atoms with Gasteiger partial charge in [0.25, 0.3) is 0 Å². The number of hydrogen-bond acceptors (Lipinski definition) is 3. The Morgan fingerprint density at radius 3 is 2.92 bits per heavy atom. The van der Waals surface area contributed by atoms with Gasteiger partial charge >= 0.3 is 5.97 Å². The van der Waals surface area contributed by atoms with E-state index < -0.39 is 5.97 Å². The number of oxazole rings is 1. The van der Waals surface area contributed by atoms with Crippen LogP contribution in [0.2, 0.25) is 0 Å². The number of rotatable bonds is 3. The molecule has 1 heterocycles. The SMILES string of the molecule is CC(C)c1ocnc1CC(=O)O. The number of carbonyl (C=O) groups is 1. The molecular formula is C8H11NO3. The fourth-order valence-corrected chi connectivity index (χ4v) is 1.02. The molecule has 0 amide bonds. The van der Waals surface area contributed by atoms with Crippen LogP contribution in [0.3, 0.4) is 0 Å². The molecule has 0 aliphatic heterocycles. The van der Waals surface area contributed by atoms with Crippen LogP contribution in [0.25, 0.3) is 0 Å². The molecule has 0 bridgehead atoms. The lowest BCUT2D eigenvalue weighted by Crippen LogP contribution is -2.03. The van der Waals surface area contributed by atoms with Gasteiger partial charge in [0, 0.05) is 5.92 Å². The molecule has 1 N–H and O–H groups in total. The summed E-state index contributed by atoms with van der Waals surface area (Å²) in [6.07, 6.45) is 1.22. The van der Waals surface area contributed by atoms with Crippen LogP contribution < -0.4 is 0 Å². The zero-order chi connectivity index (χ0) is 9.14. The first kappa shape index (κ1) is 8.77. The number of aromatic nitrogens is 1. The Hall–Kier alpha value is -1.32. The van der Waals surface area contributed by atoms with E-state index >= 15 is 0 Å². The molecular weight excluding hydrogens is 158 g/mol. The number of nitrogens with zero attached hydrogens (tertiary/aromatic N) is 1. The lowest BCUT2D eigenvalue weighted by molar-refractivity contribution is -0.136. The standard InChI is InChI=1S/C8H11NO3/c1-5(2)8-6(3-7(10)11)9-4-12-8/h4-5H,3H2,1-2H3,(H,10,11). The summed E-state index contributed by atoms with van der Waals surface area (Å²) in [4.78, 5) is 14.2. The second-order valence-corrected chi connectivity index (χ2v) is 2.89. The molecule has 0 atom stereocenters. The van der Waals surface area contributed by atoms with Gasteiger partial charge in [-0.1, -0.05) is 13.8 Å². The van der Waals surface area contributed by atoms with Crippen molar-refractivity contribution < 1.29 is 14.3 Å². The molecule has 0 aromatic carbocycles. The van der Waals surface area contributed by atoms with Crippen molar-refractivity contribution in [1.82, 2.24) is 4.98 Å². The molecule has 0 radical (unpaired) electrons. The van der Waals surface area contributed by atoms with Crippen molar-refractivity contribution in [2.75, 3.05) is 0 Å². The molecule has 0 aliphatic rings. The molecule has 12 heavy (non-hydrogen) atoms. The molecule has 0 unspecified atom stereocenters. The van der Waals surface area contributed by atoms with Gasteiger partial charge in [-0.25, -0.2) is 4.98 Å². The highest BCUT2D eigenvalue weighted by molar-refractivity contribution is 5.69. The number of hydrogen-bond donors (Lipinski definition) is 1. The first-order valence-corrected chi connectivity index (χ1v) is 3.75. The fraction of sp³-hybridized carbons (Fsp3) is 0.500. The Labute approximate surface area is 70.2 Å². The molecule has 0 saturated heterocycles. The maximum atomic E-state index is 10.4. The van der Waals surface area contributed by atoms with Crippen molar-refractivity contribution >= 4 is 5.97 Å². The van der Waals surface area contributed by atoms with Crippen LogP contribution in [-0.4, -0.2) is 16.1 Å². The van der Waals surface area contributed by atoms with Gasteiger partial charge in [-0.05, 0) is 0 Å². The third-order valence-corrected chi connectivity index (χ3v) is 1.52. The van der Waals surface area contributed by atoms with E-state index in [-0.39, 0.29) is 12.3 Å². The second kappa shape index (κ2) is 3.38. The molecule has 4 nitrogen and oxygen atoms in total. The smallest absolute Gasteiger partial charge is 0.309 e. The predicted octanol–water partition coefficient (Wildman–Crippen LogP) is 1.43. The lowest BCUT2D eigenvalue weighted by atomic mass is 10.1. The third kappa shape index (κ3) is 1.84. The average molecular weight is 169 g/mol. The fourth-order valence-electron chi connectivity index (χ4n) is 1.02. The van der Waals surface area contributed by atoms with E-state index in [0.29, 0.717) is 11.5 Å². The van der Waals surface area contributed by atoms with Crippen molar-refractivity contribution in [3.63, 3.8) is 0 Å². The van der Waals surface area contributed by atoms with Crippen LogP contribution in [0, 0.1) is 0 Å². The third-order valence-electron chi connectivity index (χ3n) is 1.52. The minimum atomic E-state index is -0.884. The van der Waals surface area contributed by atoms with Crippen molar-refractivity contribution in [2.24, 2.45) is 0 Å². The van der Waals surface area contributed by atoms with E-state index in [0.717, 1.165) is 0 Å². The Morgan fingerprint density at radius 1 is 1.75 bits per heavy atom. The van der Waals surface area contributed by atoms with Crippen LogP contribution in [0.5, 0.6) is 0 Å². The minimum Gasteiger partial charge on any atom is -0.481 e. The summed E-state index contributed by atoms with van der Waals surface area (Å²) in [6.45, 7) is 3.87. The molecule has 1 aromatic heterocycles. The van der Waals surface area contributed by atoms with Gasteiger partial charge in [0.1, 0.15) is 5.76 Å². The van der Waals surface area contributed by atoms with Gasteiger partial charge < -0.3 is 9.52 Å².